The zero-order valence-corrected chi connectivity index (χ0v) is 15.1. The highest BCUT2D eigenvalue weighted by atomic mass is 32.2. The molecule has 2 aromatic carbocycles. The molecule has 0 saturated carbocycles. The van der Waals surface area contributed by atoms with Gasteiger partial charge in [0.05, 0.1) is 20.0 Å². The molecule has 1 aliphatic rings. The van der Waals surface area contributed by atoms with Gasteiger partial charge < -0.3 is 19.5 Å². The van der Waals surface area contributed by atoms with E-state index in [0.29, 0.717) is 23.8 Å². The predicted molar refractivity (Wildman–Crippen MR) is 98.3 cm³/mol. The molecule has 1 saturated heterocycles. The van der Waals surface area contributed by atoms with Crippen molar-refractivity contribution in [3.63, 3.8) is 0 Å². The van der Waals surface area contributed by atoms with Gasteiger partial charge in [0, 0.05) is 12.1 Å². The Labute approximate surface area is 151 Å². The van der Waals surface area contributed by atoms with Crippen LogP contribution in [0.4, 0.5) is 0 Å². The van der Waals surface area contributed by atoms with Crippen LogP contribution in [-0.4, -0.2) is 42.4 Å². The van der Waals surface area contributed by atoms with Crippen molar-refractivity contribution in [2.24, 2.45) is 0 Å². The molecule has 132 valence electrons. The van der Waals surface area contributed by atoms with E-state index in [1.807, 2.05) is 35.2 Å². The van der Waals surface area contributed by atoms with Crippen molar-refractivity contribution in [1.82, 2.24) is 4.90 Å². The summed E-state index contributed by atoms with van der Waals surface area (Å²) < 4.78 is 10.9. The van der Waals surface area contributed by atoms with Crippen molar-refractivity contribution < 1.29 is 19.4 Å². The van der Waals surface area contributed by atoms with Gasteiger partial charge in [0.1, 0.15) is 11.1 Å². The van der Waals surface area contributed by atoms with Crippen molar-refractivity contribution >= 4 is 17.7 Å². The van der Waals surface area contributed by atoms with E-state index >= 15 is 0 Å². The lowest BCUT2D eigenvalue weighted by Crippen LogP contribution is -2.30. The van der Waals surface area contributed by atoms with Gasteiger partial charge in [0.2, 0.25) is 5.91 Å². The van der Waals surface area contributed by atoms with Gasteiger partial charge in [-0.25, -0.2) is 0 Å². The van der Waals surface area contributed by atoms with Crippen LogP contribution in [-0.2, 0) is 11.2 Å². The molecular formula is C19H21NO4S. The monoisotopic (exact) mass is 359 g/mol. The molecule has 25 heavy (non-hydrogen) atoms. The molecule has 0 aliphatic carbocycles. The number of nitrogens with zero attached hydrogens (tertiary/aromatic N) is 1. The second kappa shape index (κ2) is 7.70. The maximum atomic E-state index is 12.4. The molecule has 1 amide bonds. The van der Waals surface area contributed by atoms with Crippen LogP contribution < -0.4 is 9.47 Å². The van der Waals surface area contributed by atoms with Crippen LogP contribution in [0.2, 0.25) is 0 Å². The fourth-order valence-corrected chi connectivity index (χ4v) is 4.21. The van der Waals surface area contributed by atoms with Gasteiger partial charge in [-0.1, -0.05) is 24.3 Å². The van der Waals surface area contributed by atoms with Crippen LogP contribution in [0, 0.1) is 0 Å². The Hall–Kier alpha value is -2.34. The molecule has 1 unspecified atom stereocenters. The highest BCUT2D eigenvalue weighted by Gasteiger charge is 2.34. The largest absolute Gasteiger partial charge is 0.508 e. The van der Waals surface area contributed by atoms with Crippen LogP contribution >= 0.6 is 11.8 Å². The number of hydrogen-bond acceptors (Lipinski definition) is 5. The molecule has 1 aliphatic heterocycles. The third-order valence-electron chi connectivity index (χ3n) is 4.25. The number of phenolic OH excluding ortho intramolecular Hbond substituents is 1. The summed E-state index contributed by atoms with van der Waals surface area (Å²) in [6.07, 6.45) is 0.732. The van der Waals surface area contributed by atoms with E-state index in [2.05, 4.69) is 0 Å². The van der Waals surface area contributed by atoms with Gasteiger partial charge in [-0.15, -0.1) is 11.8 Å². The van der Waals surface area contributed by atoms with E-state index in [1.54, 1.807) is 38.1 Å². The van der Waals surface area contributed by atoms with E-state index in [4.69, 9.17) is 9.47 Å². The lowest BCUT2D eigenvalue weighted by molar-refractivity contribution is -0.128. The van der Waals surface area contributed by atoms with Crippen molar-refractivity contribution in [2.45, 2.75) is 11.8 Å². The van der Waals surface area contributed by atoms with E-state index in [9.17, 15) is 9.90 Å². The Morgan fingerprint density at radius 1 is 1.16 bits per heavy atom. The second-order valence-electron chi connectivity index (χ2n) is 5.75. The molecule has 5 nitrogen and oxygen atoms in total. The van der Waals surface area contributed by atoms with E-state index in [0.717, 1.165) is 17.5 Å². The number of aromatic hydroxyl groups is 1. The maximum Gasteiger partial charge on any atom is 0.233 e. The minimum absolute atomic E-state index is 0.0883. The molecule has 0 spiro atoms. The van der Waals surface area contributed by atoms with E-state index in [1.165, 1.54) is 0 Å². The van der Waals surface area contributed by atoms with Gasteiger partial charge in [0.25, 0.3) is 0 Å². The Kier molecular flexibility index (Phi) is 5.38. The normalized spacial score (nSPS) is 17.0. The smallest absolute Gasteiger partial charge is 0.233 e. The zero-order chi connectivity index (χ0) is 17.8. The first kappa shape index (κ1) is 17.5. The first-order chi connectivity index (χ1) is 12.1. The number of hydrogen-bond donors (Lipinski definition) is 1. The zero-order valence-electron chi connectivity index (χ0n) is 14.3. The van der Waals surface area contributed by atoms with Gasteiger partial charge in [-0.2, -0.15) is 0 Å². The third-order valence-corrected chi connectivity index (χ3v) is 5.48. The van der Waals surface area contributed by atoms with Gasteiger partial charge >= 0.3 is 0 Å². The molecule has 0 aromatic heterocycles. The summed E-state index contributed by atoms with van der Waals surface area (Å²) in [6, 6.07) is 12.8. The number of methoxy groups -OCH3 is 2. The summed E-state index contributed by atoms with van der Waals surface area (Å²) in [4.78, 5) is 14.3. The Balaban J connectivity index is 1.81. The Morgan fingerprint density at radius 2 is 1.92 bits per heavy atom. The van der Waals surface area contributed by atoms with Crippen molar-refractivity contribution in [1.29, 1.82) is 0 Å². The van der Waals surface area contributed by atoms with Gasteiger partial charge in [0.15, 0.2) is 11.5 Å². The Bertz CT molecular complexity index is 748. The van der Waals surface area contributed by atoms with Gasteiger partial charge in [-0.05, 0) is 30.2 Å². The molecule has 2 aromatic rings. The number of para-hydroxylation sites is 1. The molecule has 1 heterocycles. The van der Waals surface area contributed by atoms with Gasteiger partial charge in [-0.3, -0.25) is 4.79 Å². The molecule has 0 bridgehead atoms. The van der Waals surface area contributed by atoms with Crippen LogP contribution in [0.25, 0.3) is 0 Å². The summed E-state index contributed by atoms with van der Waals surface area (Å²) in [5, 5.41) is 9.29. The minimum atomic E-state index is -0.0883. The van der Waals surface area contributed by atoms with Crippen molar-refractivity contribution in [3.8, 4) is 17.2 Å². The molecule has 1 N–H and O–H groups in total. The summed E-state index contributed by atoms with van der Waals surface area (Å²) in [5.74, 6) is 2.17. The van der Waals surface area contributed by atoms with Crippen LogP contribution in [0.3, 0.4) is 0 Å². The lowest BCUT2D eigenvalue weighted by atomic mass is 10.1. The summed E-state index contributed by atoms with van der Waals surface area (Å²) >= 11 is 1.60. The van der Waals surface area contributed by atoms with Crippen LogP contribution in [0.1, 0.15) is 16.5 Å². The topological polar surface area (TPSA) is 59.0 Å². The number of phenols is 1. The first-order valence-corrected chi connectivity index (χ1v) is 9.08. The maximum absolute atomic E-state index is 12.4. The number of amides is 1. The number of carbonyl (C=O) groups is 1. The fourth-order valence-electron chi connectivity index (χ4n) is 2.97. The third kappa shape index (κ3) is 3.69. The highest BCUT2D eigenvalue weighted by molar-refractivity contribution is 8.00. The molecule has 1 fully saturated rings. The van der Waals surface area contributed by atoms with Crippen molar-refractivity contribution in [2.75, 3.05) is 26.5 Å². The van der Waals surface area contributed by atoms with Crippen molar-refractivity contribution in [3.05, 3.63) is 53.6 Å². The summed E-state index contributed by atoms with van der Waals surface area (Å²) in [7, 11) is 3.22. The first-order valence-electron chi connectivity index (χ1n) is 8.04. The second-order valence-corrected chi connectivity index (χ2v) is 6.82. The Morgan fingerprint density at radius 3 is 2.60 bits per heavy atom. The average Bonchev–Trinajstić information content (AvgIpc) is 3.01. The number of carbonyl (C=O) groups excluding carboxylic acids is 1. The number of thioether (sulfide) groups is 1. The number of benzene rings is 2. The SMILES string of the molecule is COc1cccc(C2SCC(=O)N2CCc2ccc(O)cc2)c1OC. The highest BCUT2D eigenvalue weighted by Crippen LogP contribution is 2.45. The molecule has 6 heteroatoms. The summed E-state index contributed by atoms with van der Waals surface area (Å²) in [6.45, 7) is 0.613. The molecular weight excluding hydrogens is 338 g/mol. The molecule has 1 atom stereocenters. The fraction of sp³-hybridized carbons (Fsp3) is 0.316. The van der Waals surface area contributed by atoms with E-state index < -0.39 is 0 Å². The predicted octanol–water partition coefficient (Wildman–Crippen LogP) is 3.23. The van der Waals surface area contributed by atoms with E-state index in [-0.39, 0.29) is 17.0 Å². The minimum Gasteiger partial charge on any atom is -0.508 e. The average molecular weight is 359 g/mol. The van der Waals surface area contributed by atoms with Crippen LogP contribution in [0.15, 0.2) is 42.5 Å². The number of ether oxygens (including phenoxy) is 2. The molecule has 3 rings (SSSR count). The lowest BCUT2D eigenvalue weighted by Gasteiger charge is -2.26. The quantitative estimate of drug-likeness (QED) is 0.858. The van der Waals surface area contributed by atoms with Crippen LogP contribution in [0.5, 0.6) is 17.2 Å². The standard InChI is InChI=1S/C19H21NO4S/c1-23-16-5-3-4-15(18(16)24-2)19-20(17(22)12-25-19)11-10-13-6-8-14(21)9-7-13/h3-9,19,21H,10-12H2,1-2H3. The molecule has 0 radical (unpaired) electrons. The summed E-state index contributed by atoms with van der Waals surface area (Å²) in [5.41, 5.74) is 2.03. The number of rotatable bonds is 6.